The van der Waals surface area contributed by atoms with E-state index in [0.29, 0.717) is 6.61 Å². The smallest absolute Gasteiger partial charge is 0.323 e. The van der Waals surface area contributed by atoms with Crippen molar-refractivity contribution in [2.24, 2.45) is 0 Å². The summed E-state index contributed by atoms with van der Waals surface area (Å²) < 4.78 is 5.18. The number of rotatable bonds is 3. The van der Waals surface area contributed by atoms with Gasteiger partial charge in [0, 0.05) is 4.88 Å². The van der Waals surface area contributed by atoms with E-state index in [1.54, 1.807) is 11.3 Å². The molecule has 0 bridgehead atoms. The highest BCUT2D eigenvalue weighted by molar-refractivity contribution is 7.09. The molecule has 1 aromatic rings. The summed E-state index contributed by atoms with van der Waals surface area (Å²) >= 11 is 1.61. The summed E-state index contributed by atoms with van der Waals surface area (Å²) in [6.45, 7) is 1.34. The molecule has 1 saturated heterocycles. The highest BCUT2D eigenvalue weighted by Gasteiger charge is 2.23. The molecule has 0 aromatic carbocycles. The Bertz CT molecular complexity index is 291. The molecule has 0 radical (unpaired) electrons. The lowest BCUT2D eigenvalue weighted by Crippen LogP contribution is -2.32. The van der Waals surface area contributed by atoms with Crippen LogP contribution in [0.4, 0.5) is 0 Å². The van der Waals surface area contributed by atoms with Crippen molar-refractivity contribution >= 4 is 17.3 Å². The SMILES string of the molecule is O=C(OCc1cccs1)[C@H]1CCCN1. The molecule has 3 nitrogen and oxygen atoms in total. The van der Waals surface area contributed by atoms with Gasteiger partial charge < -0.3 is 10.1 Å². The van der Waals surface area contributed by atoms with Crippen LogP contribution in [0.25, 0.3) is 0 Å². The second-order valence-electron chi connectivity index (χ2n) is 3.34. The Morgan fingerprint density at radius 2 is 2.64 bits per heavy atom. The molecule has 14 heavy (non-hydrogen) atoms. The monoisotopic (exact) mass is 211 g/mol. The van der Waals surface area contributed by atoms with E-state index in [1.807, 2.05) is 17.5 Å². The number of carbonyl (C=O) groups excluding carboxylic acids is 1. The first-order valence-corrected chi connectivity index (χ1v) is 5.66. The average molecular weight is 211 g/mol. The van der Waals surface area contributed by atoms with E-state index < -0.39 is 0 Å². The summed E-state index contributed by atoms with van der Waals surface area (Å²) in [5.41, 5.74) is 0. The van der Waals surface area contributed by atoms with Crippen molar-refractivity contribution in [3.05, 3.63) is 22.4 Å². The van der Waals surface area contributed by atoms with Crippen LogP contribution in [0.1, 0.15) is 17.7 Å². The molecule has 0 saturated carbocycles. The van der Waals surface area contributed by atoms with Gasteiger partial charge in [-0.05, 0) is 30.8 Å². The Labute approximate surface area is 87.1 Å². The standard InChI is InChI=1S/C10H13NO2S/c12-10(9-4-1-5-11-9)13-7-8-3-2-6-14-8/h2-3,6,9,11H,1,4-5,7H2/t9-/m1/s1. The first-order valence-electron chi connectivity index (χ1n) is 4.78. The van der Waals surface area contributed by atoms with E-state index in [4.69, 9.17) is 4.74 Å². The molecule has 0 amide bonds. The quantitative estimate of drug-likeness (QED) is 0.771. The molecule has 1 aliphatic heterocycles. The van der Waals surface area contributed by atoms with Crippen LogP contribution >= 0.6 is 11.3 Å². The molecule has 1 aromatic heterocycles. The van der Waals surface area contributed by atoms with Crippen molar-refractivity contribution in [1.29, 1.82) is 0 Å². The van der Waals surface area contributed by atoms with E-state index in [2.05, 4.69) is 5.32 Å². The Morgan fingerprint density at radius 3 is 3.29 bits per heavy atom. The normalized spacial score (nSPS) is 21.0. The minimum atomic E-state index is -0.115. The van der Waals surface area contributed by atoms with Gasteiger partial charge in [0.15, 0.2) is 0 Å². The van der Waals surface area contributed by atoms with Crippen LogP contribution in [-0.2, 0) is 16.1 Å². The van der Waals surface area contributed by atoms with Gasteiger partial charge in [0.25, 0.3) is 0 Å². The maximum absolute atomic E-state index is 11.5. The maximum Gasteiger partial charge on any atom is 0.323 e. The molecule has 4 heteroatoms. The molecule has 0 aliphatic carbocycles. The zero-order valence-corrected chi connectivity index (χ0v) is 8.68. The third-order valence-electron chi connectivity index (χ3n) is 2.28. The molecule has 76 valence electrons. The summed E-state index contributed by atoms with van der Waals surface area (Å²) in [5.74, 6) is -0.115. The van der Waals surface area contributed by atoms with Crippen molar-refractivity contribution in [2.45, 2.75) is 25.5 Å². The van der Waals surface area contributed by atoms with Crippen molar-refractivity contribution in [1.82, 2.24) is 5.32 Å². The lowest BCUT2D eigenvalue weighted by molar-refractivity contribution is -0.146. The maximum atomic E-state index is 11.5. The molecule has 1 atom stereocenters. The summed E-state index contributed by atoms with van der Waals surface area (Å²) in [7, 11) is 0. The topological polar surface area (TPSA) is 38.3 Å². The van der Waals surface area contributed by atoms with Gasteiger partial charge in [-0.15, -0.1) is 11.3 Å². The van der Waals surface area contributed by atoms with Crippen molar-refractivity contribution < 1.29 is 9.53 Å². The number of ether oxygens (including phenoxy) is 1. The van der Waals surface area contributed by atoms with Crippen molar-refractivity contribution in [3.8, 4) is 0 Å². The molecular formula is C10H13NO2S. The average Bonchev–Trinajstić information content (AvgIpc) is 2.87. The van der Waals surface area contributed by atoms with Gasteiger partial charge in [-0.2, -0.15) is 0 Å². The minimum Gasteiger partial charge on any atom is -0.459 e. The fourth-order valence-electron chi connectivity index (χ4n) is 1.52. The molecule has 1 N–H and O–H groups in total. The molecule has 0 spiro atoms. The predicted octanol–water partition coefficient (Wildman–Crippen LogP) is 1.54. The van der Waals surface area contributed by atoms with Crippen LogP contribution in [0.15, 0.2) is 17.5 Å². The lowest BCUT2D eigenvalue weighted by Gasteiger charge is -2.08. The van der Waals surface area contributed by atoms with Crippen LogP contribution in [0.3, 0.4) is 0 Å². The van der Waals surface area contributed by atoms with E-state index >= 15 is 0 Å². The summed E-state index contributed by atoms with van der Waals surface area (Å²) in [4.78, 5) is 12.6. The summed E-state index contributed by atoms with van der Waals surface area (Å²) in [5, 5.41) is 5.10. The van der Waals surface area contributed by atoms with Gasteiger partial charge in [0.2, 0.25) is 0 Å². The Kier molecular flexibility index (Phi) is 3.16. The van der Waals surface area contributed by atoms with Crippen LogP contribution < -0.4 is 5.32 Å². The number of esters is 1. The van der Waals surface area contributed by atoms with Gasteiger partial charge in [-0.25, -0.2) is 0 Å². The molecular weight excluding hydrogens is 198 g/mol. The number of nitrogens with one attached hydrogen (secondary N) is 1. The summed E-state index contributed by atoms with van der Waals surface area (Å²) in [6, 6.07) is 3.86. The van der Waals surface area contributed by atoms with Crippen LogP contribution in [0, 0.1) is 0 Å². The van der Waals surface area contributed by atoms with Crippen LogP contribution in [-0.4, -0.2) is 18.6 Å². The predicted molar refractivity (Wildman–Crippen MR) is 55.1 cm³/mol. The number of hydrogen-bond donors (Lipinski definition) is 1. The lowest BCUT2D eigenvalue weighted by atomic mass is 10.2. The van der Waals surface area contributed by atoms with Gasteiger partial charge in [-0.1, -0.05) is 6.07 Å². The first-order chi connectivity index (χ1) is 6.86. The number of carbonyl (C=O) groups is 1. The highest BCUT2D eigenvalue weighted by atomic mass is 32.1. The number of thiophene rings is 1. The Morgan fingerprint density at radius 1 is 1.71 bits per heavy atom. The fourth-order valence-corrected chi connectivity index (χ4v) is 2.14. The molecule has 2 heterocycles. The first kappa shape index (κ1) is 9.68. The fraction of sp³-hybridized carbons (Fsp3) is 0.500. The van der Waals surface area contributed by atoms with Gasteiger partial charge in [0.05, 0.1) is 0 Å². The molecule has 1 fully saturated rings. The molecule has 2 rings (SSSR count). The van der Waals surface area contributed by atoms with Crippen LogP contribution in [0.2, 0.25) is 0 Å². The Hall–Kier alpha value is -0.870. The van der Waals surface area contributed by atoms with Crippen molar-refractivity contribution in [2.75, 3.05) is 6.54 Å². The van der Waals surface area contributed by atoms with Gasteiger partial charge in [-0.3, -0.25) is 4.79 Å². The van der Waals surface area contributed by atoms with Crippen molar-refractivity contribution in [3.63, 3.8) is 0 Å². The zero-order valence-electron chi connectivity index (χ0n) is 7.86. The van der Waals surface area contributed by atoms with Crippen LogP contribution in [0.5, 0.6) is 0 Å². The second kappa shape index (κ2) is 4.57. The number of hydrogen-bond acceptors (Lipinski definition) is 4. The largest absolute Gasteiger partial charge is 0.459 e. The van der Waals surface area contributed by atoms with Gasteiger partial charge >= 0.3 is 5.97 Å². The van der Waals surface area contributed by atoms with E-state index in [1.165, 1.54) is 0 Å². The highest BCUT2D eigenvalue weighted by Crippen LogP contribution is 2.12. The van der Waals surface area contributed by atoms with E-state index in [0.717, 1.165) is 24.3 Å². The third-order valence-corrected chi connectivity index (χ3v) is 3.13. The summed E-state index contributed by atoms with van der Waals surface area (Å²) in [6.07, 6.45) is 1.97. The minimum absolute atomic E-state index is 0.0741. The molecule has 0 unspecified atom stereocenters. The third kappa shape index (κ3) is 2.33. The molecule has 1 aliphatic rings. The zero-order chi connectivity index (χ0) is 9.80. The Balaban J connectivity index is 1.77. The van der Waals surface area contributed by atoms with E-state index in [-0.39, 0.29) is 12.0 Å². The second-order valence-corrected chi connectivity index (χ2v) is 4.37. The van der Waals surface area contributed by atoms with E-state index in [9.17, 15) is 4.79 Å². The van der Waals surface area contributed by atoms with Gasteiger partial charge in [0.1, 0.15) is 12.6 Å².